The Balaban J connectivity index is 1.89. The largest absolute Gasteiger partial charge is 0.461 e. The van der Waals surface area contributed by atoms with Crippen molar-refractivity contribution in [3.8, 4) is 5.75 Å². The molecule has 0 saturated carbocycles. The number of benzene rings is 2. The van der Waals surface area contributed by atoms with Crippen LogP contribution in [0.2, 0.25) is 0 Å². The van der Waals surface area contributed by atoms with E-state index >= 15 is 0 Å². The highest BCUT2D eigenvalue weighted by atomic mass is 16.5. The number of hydrogen-bond acceptors (Lipinski definition) is 1. The smallest absolute Gasteiger partial charge is 0.130 e. The minimum absolute atomic E-state index is 0.894. The SMILES string of the molecule is C(=C1/Cc2ccccc2O1)/c1ccccc1. The molecule has 0 bridgehead atoms. The van der Waals surface area contributed by atoms with Crippen LogP contribution < -0.4 is 4.74 Å². The summed E-state index contributed by atoms with van der Waals surface area (Å²) >= 11 is 0. The Labute approximate surface area is 95.0 Å². The molecule has 0 saturated heterocycles. The van der Waals surface area contributed by atoms with E-state index in [2.05, 4.69) is 24.3 Å². The molecule has 0 unspecified atom stereocenters. The summed E-state index contributed by atoms with van der Waals surface area (Å²) in [5.41, 5.74) is 2.45. The molecule has 0 radical (unpaired) electrons. The maximum Gasteiger partial charge on any atom is 0.130 e. The summed E-state index contributed by atoms with van der Waals surface area (Å²) in [7, 11) is 0. The zero-order chi connectivity index (χ0) is 10.8. The molecule has 1 aliphatic heterocycles. The van der Waals surface area contributed by atoms with Crippen molar-refractivity contribution < 1.29 is 4.74 Å². The van der Waals surface area contributed by atoms with Gasteiger partial charge in [0.25, 0.3) is 0 Å². The van der Waals surface area contributed by atoms with E-state index in [1.165, 1.54) is 11.1 Å². The molecule has 0 atom stereocenters. The maximum atomic E-state index is 5.77. The van der Waals surface area contributed by atoms with E-state index in [4.69, 9.17) is 4.74 Å². The van der Waals surface area contributed by atoms with Crippen LogP contribution >= 0.6 is 0 Å². The third kappa shape index (κ3) is 1.72. The van der Waals surface area contributed by atoms with E-state index in [-0.39, 0.29) is 0 Å². The first-order chi connectivity index (χ1) is 7.92. The summed E-state index contributed by atoms with van der Waals surface area (Å²) < 4.78 is 5.77. The highest BCUT2D eigenvalue weighted by Gasteiger charge is 2.15. The van der Waals surface area contributed by atoms with Crippen molar-refractivity contribution in [3.05, 3.63) is 71.5 Å². The Morgan fingerprint density at radius 1 is 0.875 bits per heavy atom. The summed E-state index contributed by atoms with van der Waals surface area (Å²) in [4.78, 5) is 0. The van der Waals surface area contributed by atoms with Gasteiger partial charge in [-0.25, -0.2) is 0 Å². The van der Waals surface area contributed by atoms with Crippen LogP contribution in [0.4, 0.5) is 0 Å². The van der Waals surface area contributed by atoms with Gasteiger partial charge in [-0.15, -0.1) is 0 Å². The van der Waals surface area contributed by atoms with E-state index in [0.717, 1.165) is 17.9 Å². The second-order valence-corrected chi connectivity index (χ2v) is 3.91. The zero-order valence-electron chi connectivity index (χ0n) is 8.89. The highest BCUT2D eigenvalue weighted by Crippen LogP contribution is 2.31. The molecule has 2 aromatic carbocycles. The average molecular weight is 208 g/mol. The summed E-state index contributed by atoms with van der Waals surface area (Å²) in [6.45, 7) is 0. The molecule has 1 nitrogen and oxygen atoms in total. The van der Waals surface area contributed by atoms with Gasteiger partial charge in [-0.05, 0) is 17.7 Å². The molecule has 0 aromatic heterocycles. The lowest BCUT2D eigenvalue weighted by Gasteiger charge is -1.99. The second-order valence-electron chi connectivity index (χ2n) is 3.91. The van der Waals surface area contributed by atoms with Gasteiger partial charge in [-0.2, -0.15) is 0 Å². The van der Waals surface area contributed by atoms with Gasteiger partial charge in [-0.1, -0.05) is 48.5 Å². The molecular weight excluding hydrogens is 196 g/mol. The van der Waals surface area contributed by atoms with E-state index < -0.39 is 0 Å². The molecule has 0 spiro atoms. The molecule has 2 aromatic rings. The van der Waals surface area contributed by atoms with Crippen molar-refractivity contribution in [2.45, 2.75) is 6.42 Å². The van der Waals surface area contributed by atoms with Crippen molar-refractivity contribution in [2.24, 2.45) is 0 Å². The summed E-state index contributed by atoms with van der Waals surface area (Å²) in [6.07, 6.45) is 2.99. The van der Waals surface area contributed by atoms with Crippen molar-refractivity contribution in [3.63, 3.8) is 0 Å². The van der Waals surface area contributed by atoms with Gasteiger partial charge in [0.1, 0.15) is 11.5 Å². The fraction of sp³-hybridized carbons (Fsp3) is 0.0667. The van der Waals surface area contributed by atoms with Gasteiger partial charge in [0.05, 0.1) is 0 Å². The molecule has 1 aliphatic rings. The molecule has 16 heavy (non-hydrogen) atoms. The van der Waals surface area contributed by atoms with E-state index in [9.17, 15) is 0 Å². The van der Waals surface area contributed by atoms with Crippen LogP contribution in [0.25, 0.3) is 6.08 Å². The van der Waals surface area contributed by atoms with Crippen LogP contribution in [0.5, 0.6) is 5.75 Å². The van der Waals surface area contributed by atoms with Crippen molar-refractivity contribution >= 4 is 6.08 Å². The minimum Gasteiger partial charge on any atom is -0.461 e. The summed E-state index contributed by atoms with van der Waals surface area (Å²) in [6, 6.07) is 18.4. The molecule has 3 rings (SSSR count). The maximum absolute atomic E-state index is 5.77. The Morgan fingerprint density at radius 2 is 1.62 bits per heavy atom. The molecule has 1 heteroatoms. The lowest BCUT2D eigenvalue weighted by molar-refractivity contribution is 0.451. The second kappa shape index (κ2) is 3.86. The van der Waals surface area contributed by atoms with Gasteiger partial charge in [0, 0.05) is 12.0 Å². The predicted molar refractivity (Wildman–Crippen MR) is 65.2 cm³/mol. The van der Waals surface area contributed by atoms with Gasteiger partial charge in [-0.3, -0.25) is 0 Å². The average Bonchev–Trinajstić information content (AvgIpc) is 2.72. The molecule has 0 aliphatic carbocycles. The predicted octanol–water partition coefficient (Wildman–Crippen LogP) is 3.66. The number of hydrogen-bond donors (Lipinski definition) is 0. The number of para-hydroxylation sites is 1. The van der Waals surface area contributed by atoms with E-state index in [0.29, 0.717) is 0 Å². The molecule has 0 fully saturated rings. The first kappa shape index (κ1) is 9.22. The summed E-state index contributed by atoms with van der Waals surface area (Å²) in [5, 5.41) is 0. The van der Waals surface area contributed by atoms with E-state index in [1.54, 1.807) is 0 Å². The van der Waals surface area contributed by atoms with Crippen LogP contribution in [0, 0.1) is 0 Å². The molecule has 78 valence electrons. The van der Waals surface area contributed by atoms with Crippen LogP contribution in [-0.2, 0) is 6.42 Å². The van der Waals surface area contributed by atoms with Crippen molar-refractivity contribution in [1.82, 2.24) is 0 Å². The molecule has 0 N–H and O–H groups in total. The third-order valence-electron chi connectivity index (χ3n) is 2.71. The van der Waals surface area contributed by atoms with Gasteiger partial charge >= 0.3 is 0 Å². The van der Waals surface area contributed by atoms with Crippen LogP contribution in [0.1, 0.15) is 11.1 Å². The zero-order valence-corrected chi connectivity index (χ0v) is 8.89. The van der Waals surface area contributed by atoms with E-state index in [1.807, 2.05) is 36.4 Å². The monoisotopic (exact) mass is 208 g/mol. The topological polar surface area (TPSA) is 9.23 Å². The third-order valence-corrected chi connectivity index (χ3v) is 2.71. The quantitative estimate of drug-likeness (QED) is 0.695. The van der Waals surface area contributed by atoms with Crippen LogP contribution in [0.3, 0.4) is 0 Å². The van der Waals surface area contributed by atoms with Gasteiger partial charge < -0.3 is 4.74 Å². The first-order valence-electron chi connectivity index (χ1n) is 5.43. The lowest BCUT2D eigenvalue weighted by Crippen LogP contribution is -1.87. The molecule has 0 amide bonds. The highest BCUT2D eigenvalue weighted by molar-refractivity contribution is 5.56. The Hall–Kier alpha value is -2.02. The fourth-order valence-electron chi connectivity index (χ4n) is 1.93. The van der Waals surface area contributed by atoms with Gasteiger partial charge in [0.15, 0.2) is 0 Å². The Kier molecular flexibility index (Phi) is 2.22. The molecule has 1 heterocycles. The van der Waals surface area contributed by atoms with Crippen LogP contribution in [-0.4, -0.2) is 0 Å². The molecular formula is C15H12O. The van der Waals surface area contributed by atoms with Crippen molar-refractivity contribution in [1.29, 1.82) is 0 Å². The lowest BCUT2D eigenvalue weighted by atomic mass is 10.1. The summed E-state index contributed by atoms with van der Waals surface area (Å²) in [5.74, 6) is 2.01. The Morgan fingerprint density at radius 3 is 2.44 bits per heavy atom. The first-order valence-corrected chi connectivity index (χ1v) is 5.43. The van der Waals surface area contributed by atoms with Gasteiger partial charge in [0.2, 0.25) is 0 Å². The van der Waals surface area contributed by atoms with Crippen molar-refractivity contribution in [2.75, 3.05) is 0 Å². The minimum atomic E-state index is 0.894. The number of fused-ring (bicyclic) bond motifs is 1. The standard InChI is InChI=1S/C15H12O/c1-2-6-12(7-3-1)10-14-11-13-8-4-5-9-15(13)16-14/h1-10H,11H2/b14-10+. The normalized spacial score (nSPS) is 15.9. The van der Waals surface area contributed by atoms with Crippen LogP contribution in [0.15, 0.2) is 60.4 Å². The Bertz CT molecular complexity index is 499. The number of rotatable bonds is 1. The number of ether oxygens (including phenoxy) is 1. The fourth-order valence-corrected chi connectivity index (χ4v) is 1.93. The number of allylic oxidation sites excluding steroid dienone is 1.